The van der Waals surface area contributed by atoms with Crippen molar-refractivity contribution in [3.05, 3.63) is 139 Å². The number of para-hydroxylation sites is 1. The zero-order valence-electron chi connectivity index (χ0n) is 30.4. The second-order valence-corrected chi connectivity index (χ2v) is 16.5. The largest absolute Gasteiger partial charge is 2.00 e. The van der Waals surface area contributed by atoms with Crippen molar-refractivity contribution in [1.29, 1.82) is 0 Å². The number of nitrogens with zero attached hydrogens (tertiary/aromatic N) is 3. The van der Waals surface area contributed by atoms with Gasteiger partial charge in [0, 0.05) is 23.1 Å². The third-order valence-corrected chi connectivity index (χ3v) is 10.7. The summed E-state index contributed by atoms with van der Waals surface area (Å²) in [5.74, 6) is 1.95. The van der Waals surface area contributed by atoms with Gasteiger partial charge in [-0.25, -0.2) is 0 Å². The molecule has 4 heterocycles. The molecular weight excluding hydrogens is 854 g/mol. The van der Waals surface area contributed by atoms with Gasteiger partial charge < -0.3 is 18.5 Å². The minimum absolute atomic E-state index is 0. The Kier molecular flexibility index (Phi) is 8.67. The van der Waals surface area contributed by atoms with Crippen LogP contribution in [0.1, 0.15) is 52.7 Å². The molecule has 0 aliphatic rings. The monoisotopic (exact) mass is 890 g/mol. The summed E-state index contributed by atoms with van der Waals surface area (Å²) >= 11 is 1.75. The van der Waals surface area contributed by atoms with E-state index in [4.69, 9.17) is 19.1 Å². The van der Waals surface area contributed by atoms with Gasteiger partial charge in [0.2, 0.25) is 0 Å². The topological polar surface area (TPSA) is 52.6 Å². The standard InChI is InChI=1S/C46H37N3O2S.Pt/c1-45(2,3)30-20-21-47-38(24-30)36-26-32(25-35-34-15-8-10-17-40(34)51-43(35)36)50-31-13-11-12-29(22-31)44-48-27-42-49(44)39-19-18-28(23-41(39)52-42)33-14-7-9-16-37(33)46(4,5)6;/h7-21,23-25,27H,1-6H3;/q-2;+2. The number of hydrogen-bond donors (Lipinski definition) is 0. The van der Waals surface area contributed by atoms with Crippen LogP contribution in [-0.2, 0) is 31.9 Å². The van der Waals surface area contributed by atoms with Gasteiger partial charge in [-0.2, -0.15) is 0 Å². The van der Waals surface area contributed by atoms with E-state index in [-0.39, 0.29) is 31.9 Å². The van der Waals surface area contributed by atoms with E-state index in [1.54, 1.807) is 11.3 Å². The van der Waals surface area contributed by atoms with Crippen LogP contribution in [-0.4, -0.2) is 14.4 Å². The molecule has 0 radical (unpaired) electrons. The molecule has 0 atom stereocenters. The quantitative estimate of drug-likeness (QED) is 0.162. The molecule has 0 aliphatic heterocycles. The first-order valence-corrected chi connectivity index (χ1v) is 18.4. The number of aromatic nitrogens is 3. The molecule has 9 aromatic rings. The molecule has 264 valence electrons. The average Bonchev–Trinajstić information content (AvgIpc) is 3.82. The van der Waals surface area contributed by atoms with E-state index in [1.165, 1.54) is 27.0 Å². The van der Waals surface area contributed by atoms with Crippen LogP contribution in [0.2, 0.25) is 0 Å². The summed E-state index contributed by atoms with van der Waals surface area (Å²) in [5, 5.41) is 1.96. The second-order valence-electron chi connectivity index (χ2n) is 15.4. The van der Waals surface area contributed by atoms with Crippen molar-refractivity contribution in [3.63, 3.8) is 0 Å². The summed E-state index contributed by atoms with van der Waals surface area (Å²) in [4.78, 5) is 10.7. The van der Waals surface area contributed by atoms with Gasteiger partial charge >= 0.3 is 21.1 Å². The van der Waals surface area contributed by atoms with Gasteiger partial charge in [0.15, 0.2) is 0 Å². The number of fused-ring (bicyclic) bond motifs is 6. The average molecular weight is 891 g/mol. The molecule has 0 fully saturated rings. The fraction of sp³-hybridized carbons (Fsp3) is 0.174. The number of rotatable bonds is 5. The Bertz CT molecular complexity index is 2810. The summed E-state index contributed by atoms with van der Waals surface area (Å²) in [6, 6.07) is 42.7. The van der Waals surface area contributed by atoms with Gasteiger partial charge in [-0.05, 0) is 63.0 Å². The van der Waals surface area contributed by atoms with E-state index in [2.05, 4.69) is 119 Å². The van der Waals surface area contributed by atoms with Gasteiger partial charge in [0.1, 0.15) is 10.4 Å². The van der Waals surface area contributed by atoms with Gasteiger partial charge in [-0.15, -0.1) is 35.1 Å². The zero-order chi connectivity index (χ0) is 35.8. The van der Waals surface area contributed by atoms with E-state index >= 15 is 0 Å². The van der Waals surface area contributed by atoms with Crippen LogP contribution in [0.25, 0.3) is 70.8 Å². The summed E-state index contributed by atoms with van der Waals surface area (Å²) < 4.78 is 16.4. The minimum Gasteiger partial charge on any atom is -0.501 e. The van der Waals surface area contributed by atoms with Gasteiger partial charge in [-0.1, -0.05) is 125 Å². The van der Waals surface area contributed by atoms with Gasteiger partial charge in [0.05, 0.1) is 27.8 Å². The summed E-state index contributed by atoms with van der Waals surface area (Å²) in [5.41, 5.74) is 10.1. The fourth-order valence-corrected chi connectivity index (χ4v) is 8.10. The van der Waals surface area contributed by atoms with E-state index in [9.17, 15) is 0 Å². The van der Waals surface area contributed by atoms with Crippen molar-refractivity contribution in [2.75, 3.05) is 0 Å². The molecule has 0 unspecified atom stereocenters. The number of thiazole rings is 1. The minimum atomic E-state index is -0.0415. The maximum atomic E-state index is 6.57. The zero-order valence-corrected chi connectivity index (χ0v) is 33.4. The molecule has 5 aromatic carbocycles. The number of benzene rings is 5. The van der Waals surface area contributed by atoms with Crippen molar-refractivity contribution < 1.29 is 30.2 Å². The number of pyridine rings is 1. The number of furan rings is 1. The normalized spacial score (nSPS) is 12.2. The van der Waals surface area contributed by atoms with E-state index < -0.39 is 0 Å². The van der Waals surface area contributed by atoms with Gasteiger partial charge in [-0.3, -0.25) is 4.98 Å². The van der Waals surface area contributed by atoms with Crippen LogP contribution in [0.4, 0.5) is 0 Å². The molecule has 0 saturated carbocycles. The Morgan fingerprint density at radius 1 is 0.736 bits per heavy atom. The molecule has 5 nitrogen and oxygen atoms in total. The van der Waals surface area contributed by atoms with Crippen molar-refractivity contribution in [2.45, 2.75) is 52.4 Å². The smallest absolute Gasteiger partial charge is 0.501 e. The Labute approximate surface area is 327 Å². The summed E-state index contributed by atoms with van der Waals surface area (Å²) in [7, 11) is 0. The molecule has 0 spiro atoms. The van der Waals surface area contributed by atoms with Crippen molar-refractivity contribution in [1.82, 2.24) is 14.4 Å². The maximum Gasteiger partial charge on any atom is 2.00 e. The predicted molar refractivity (Wildman–Crippen MR) is 214 cm³/mol. The number of ether oxygens (including phenoxy) is 1. The van der Waals surface area contributed by atoms with Crippen molar-refractivity contribution in [3.8, 4) is 45.3 Å². The fourth-order valence-electron chi connectivity index (χ4n) is 7.05. The van der Waals surface area contributed by atoms with Crippen molar-refractivity contribution >= 4 is 48.3 Å². The summed E-state index contributed by atoms with van der Waals surface area (Å²) in [6.07, 6.45) is 3.80. The molecule has 9 rings (SSSR count). The first-order valence-electron chi connectivity index (χ1n) is 17.6. The van der Waals surface area contributed by atoms with Crippen molar-refractivity contribution in [2.24, 2.45) is 0 Å². The number of imidazole rings is 1. The van der Waals surface area contributed by atoms with Crippen LogP contribution < -0.4 is 4.74 Å². The Morgan fingerprint density at radius 2 is 1.55 bits per heavy atom. The molecule has 7 heteroatoms. The molecule has 0 N–H and O–H groups in total. The third kappa shape index (κ3) is 6.28. The molecule has 0 bridgehead atoms. The Hall–Kier alpha value is -5.03. The van der Waals surface area contributed by atoms with E-state index in [0.717, 1.165) is 54.9 Å². The van der Waals surface area contributed by atoms with Crippen LogP contribution in [0.3, 0.4) is 0 Å². The first-order chi connectivity index (χ1) is 25.0. The van der Waals surface area contributed by atoms with Gasteiger partial charge in [0.25, 0.3) is 0 Å². The predicted octanol–water partition coefficient (Wildman–Crippen LogP) is 12.8. The molecule has 0 saturated heterocycles. The van der Waals surface area contributed by atoms with Crippen LogP contribution >= 0.6 is 11.3 Å². The molecule has 0 amide bonds. The van der Waals surface area contributed by atoms with E-state index in [1.807, 2.05) is 54.9 Å². The van der Waals surface area contributed by atoms with Crippen LogP contribution in [0.5, 0.6) is 11.5 Å². The second kappa shape index (κ2) is 13.1. The third-order valence-electron chi connectivity index (χ3n) is 9.69. The number of hydrogen-bond acceptors (Lipinski definition) is 5. The first kappa shape index (κ1) is 35.0. The molecule has 0 aliphatic carbocycles. The van der Waals surface area contributed by atoms with Crippen LogP contribution in [0, 0.1) is 12.1 Å². The molecular formula is C46H37N3O2PtS. The maximum absolute atomic E-state index is 6.57. The Morgan fingerprint density at radius 3 is 2.38 bits per heavy atom. The van der Waals surface area contributed by atoms with E-state index in [0.29, 0.717) is 11.5 Å². The SMILES string of the molecule is CC(C)(C)c1ccnc(-c2[c-]c(Oc3[c-]c(-c4ncc5sc6cc(-c7ccccc7C(C)(C)C)ccc6n45)ccc3)cc3c2oc2ccccc23)c1.[Pt+2]. The Balaban J connectivity index is 0.00000400. The molecule has 53 heavy (non-hydrogen) atoms. The summed E-state index contributed by atoms with van der Waals surface area (Å²) in [6.45, 7) is 13.4. The molecule has 4 aromatic heterocycles. The van der Waals surface area contributed by atoms with Crippen LogP contribution in [0.15, 0.2) is 120 Å².